The Hall–Kier alpha value is -0.850. The molecule has 6 heteroatoms. The molecule has 5 nitrogen and oxygen atoms in total. The number of piperidine rings is 1. The second kappa shape index (κ2) is 5.74. The van der Waals surface area contributed by atoms with Crippen molar-refractivity contribution < 1.29 is 12.8 Å². The highest BCUT2D eigenvalue weighted by atomic mass is 32.2. The molecule has 1 aromatic rings. The van der Waals surface area contributed by atoms with Crippen molar-refractivity contribution >= 4 is 10.0 Å². The van der Waals surface area contributed by atoms with E-state index in [1.54, 1.807) is 17.3 Å². The van der Waals surface area contributed by atoms with Crippen LogP contribution in [0.2, 0.25) is 0 Å². The van der Waals surface area contributed by atoms with Crippen molar-refractivity contribution in [1.29, 1.82) is 0 Å². The fourth-order valence-electron chi connectivity index (χ4n) is 3.81. The molecule has 2 fully saturated rings. The summed E-state index contributed by atoms with van der Waals surface area (Å²) < 4.78 is 32.7. The first-order valence-corrected chi connectivity index (χ1v) is 9.26. The third-order valence-electron chi connectivity index (χ3n) is 5.00. The summed E-state index contributed by atoms with van der Waals surface area (Å²) in [5.74, 6) is 2.22. The minimum atomic E-state index is -3.45. The monoisotopic (exact) mass is 312 g/mol. The largest absolute Gasteiger partial charge is 0.464 e. The first kappa shape index (κ1) is 15.1. The lowest BCUT2D eigenvalue weighted by Crippen LogP contribution is -2.44. The number of hydrogen-bond donors (Lipinski definition) is 1. The summed E-state index contributed by atoms with van der Waals surface area (Å²) in [7, 11) is -3.45. The normalized spacial score (nSPS) is 27.5. The van der Waals surface area contributed by atoms with E-state index in [2.05, 4.69) is 0 Å². The third-order valence-corrected chi connectivity index (χ3v) is 6.97. The third kappa shape index (κ3) is 2.76. The highest BCUT2D eigenvalue weighted by Crippen LogP contribution is 2.38. The second-order valence-corrected chi connectivity index (χ2v) is 8.20. The van der Waals surface area contributed by atoms with Crippen molar-refractivity contribution in [2.45, 2.75) is 50.5 Å². The van der Waals surface area contributed by atoms with E-state index in [9.17, 15) is 8.42 Å². The minimum Gasteiger partial charge on any atom is -0.464 e. The molecule has 1 aliphatic carbocycles. The molecular formula is C15H24N2O3S. The average molecular weight is 312 g/mol. The van der Waals surface area contributed by atoms with E-state index in [0.29, 0.717) is 30.5 Å². The molecule has 0 amide bonds. The number of rotatable bonds is 3. The topological polar surface area (TPSA) is 76.5 Å². The molecule has 0 aromatic carbocycles. The Morgan fingerprint density at radius 1 is 1.29 bits per heavy atom. The van der Waals surface area contributed by atoms with E-state index >= 15 is 0 Å². The smallest absolute Gasteiger partial charge is 0.246 e. The average Bonchev–Trinajstić information content (AvgIpc) is 2.88. The number of hydrogen-bond acceptors (Lipinski definition) is 4. The van der Waals surface area contributed by atoms with Gasteiger partial charge in [-0.05, 0) is 31.6 Å². The Morgan fingerprint density at radius 2 is 2.00 bits per heavy atom. The second-order valence-electron chi connectivity index (χ2n) is 6.29. The molecule has 21 heavy (non-hydrogen) atoms. The van der Waals surface area contributed by atoms with E-state index in [1.165, 1.54) is 19.3 Å². The van der Waals surface area contributed by atoms with Crippen molar-refractivity contribution in [1.82, 2.24) is 4.31 Å². The zero-order valence-electron chi connectivity index (χ0n) is 12.5. The lowest BCUT2D eigenvalue weighted by molar-refractivity contribution is 0.136. The molecule has 1 aliphatic heterocycles. The Labute approximate surface area is 126 Å². The van der Waals surface area contributed by atoms with E-state index < -0.39 is 10.0 Å². The summed E-state index contributed by atoms with van der Waals surface area (Å²) in [5.41, 5.74) is 5.54. The summed E-state index contributed by atoms with van der Waals surface area (Å²) in [5, 5.41) is 0. The van der Waals surface area contributed by atoms with E-state index in [1.807, 2.05) is 0 Å². The number of nitrogens with two attached hydrogens (primary N) is 1. The van der Waals surface area contributed by atoms with Crippen LogP contribution in [0.25, 0.3) is 0 Å². The van der Waals surface area contributed by atoms with Gasteiger partial charge in [0.05, 0.1) is 6.54 Å². The maximum absolute atomic E-state index is 12.8. The first-order chi connectivity index (χ1) is 10.0. The van der Waals surface area contributed by atoms with Gasteiger partial charge in [0.25, 0.3) is 0 Å². The lowest BCUT2D eigenvalue weighted by Gasteiger charge is -2.40. The maximum Gasteiger partial charge on any atom is 0.246 e. The molecule has 3 rings (SSSR count). The molecule has 2 heterocycles. The summed E-state index contributed by atoms with van der Waals surface area (Å²) in [6.45, 7) is 3.21. The van der Waals surface area contributed by atoms with Crippen LogP contribution >= 0.6 is 0 Å². The van der Waals surface area contributed by atoms with Gasteiger partial charge in [-0.15, -0.1) is 0 Å². The van der Waals surface area contributed by atoms with Crippen LogP contribution in [0, 0.1) is 18.8 Å². The van der Waals surface area contributed by atoms with Gasteiger partial charge in [0.15, 0.2) is 0 Å². The standard InChI is InChI=1S/C15H24N2O3S/c1-11-15(8-14(9-16)20-11)21(18,19)17-7-6-12-4-2-3-5-13(12)10-17/h8,12-13H,2-7,9-10,16H2,1H3. The lowest BCUT2D eigenvalue weighted by atomic mass is 9.76. The molecule has 2 unspecified atom stereocenters. The van der Waals surface area contributed by atoms with Crippen LogP contribution in [0.15, 0.2) is 15.4 Å². The Bertz CT molecular complexity index is 608. The molecule has 2 aliphatic rings. The minimum absolute atomic E-state index is 0.223. The number of sulfonamides is 1. The van der Waals surface area contributed by atoms with Crippen LogP contribution in [-0.4, -0.2) is 25.8 Å². The zero-order valence-corrected chi connectivity index (χ0v) is 13.4. The van der Waals surface area contributed by atoms with Gasteiger partial charge in [-0.3, -0.25) is 0 Å². The molecule has 2 N–H and O–H groups in total. The number of aryl methyl sites for hydroxylation is 1. The summed E-state index contributed by atoms with van der Waals surface area (Å²) in [4.78, 5) is 0.289. The molecule has 1 saturated carbocycles. The van der Waals surface area contributed by atoms with Gasteiger partial charge in [0.2, 0.25) is 10.0 Å². The molecule has 1 saturated heterocycles. The van der Waals surface area contributed by atoms with Gasteiger partial charge in [-0.25, -0.2) is 8.42 Å². The number of fused-ring (bicyclic) bond motifs is 1. The van der Waals surface area contributed by atoms with Crippen molar-refractivity contribution in [3.63, 3.8) is 0 Å². The van der Waals surface area contributed by atoms with E-state index in [0.717, 1.165) is 18.8 Å². The van der Waals surface area contributed by atoms with Gasteiger partial charge >= 0.3 is 0 Å². The highest BCUT2D eigenvalue weighted by Gasteiger charge is 2.37. The fourth-order valence-corrected chi connectivity index (χ4v) is 5.50. The number of furan rings is 1. The van der Waals surface area contributed by atoms with Gasteiger partial charge in [-0.2, -0.15) is 4.31 Å². The molecular weight excluding hydrogens is 288 g/mol. The molecule has 0 bridgehead atoms. The van der Waals surface area contributed by atoms with Crippen LogP contribution in [0.4, 0.5) is 0 Å². The van der Waals surface area contributed by atoms with Gasteiger partial charge < -0.3 is 10.2 Å². The van der Waals surface area contributed by atoms with Crippen molar-refractivity contribution in [3.8, 4) is 0 Å². The Balaban J connectivity index is 1.83. The molecule has 1 aromatic heterocycles. The Morgan fingerprint density at radius 3 is 2.67 bits per heavy atom. The summed E-state index contributed by atoms with van der Waals surface area (Å²) in [6, 6.07) is 1.58. The predicted molar refractivity (Wildman–Crippen MR) is 80.2 cm³/mol. The quantitative estimate of drug-likeness (QED) is 0.928. The van der Waals surface area contributed by atoms with Crippen molar-refractivity contribution in [2.24, 2.45) is 17.6 Å². The fraction of sp³-hybridized carbons (Fsp3) is 0.733. The van der Waals surface area contributed by atoms with E-state index in [4.69, 9.17) is 10.2 Å². The number of nitrogens with zero attached hydrogens (tertiary/aromatic N) is 1. The van der Waals surface area contributed by atoms with Crippen LogP contribution in [0.5, 0.6) is 0 Å². The van der Waals surface area contributed by atoms with Crippen molar-refractivity contribution in [2.75, 3.05) is 13.1 Å². The molecule has 118 valence electrons. The molecule has 0 spiro atoms. The van der Waals surface area contributed by atoms with Gasteiger partial charge in [0.1, 0.15) is 16.4 Å². The zero-order chi connectivity index (χ0) is 15.0. The molecule has 0 radical (unpaired) electrons. The molecule has 2 atom stereocenters. The SMILES string of the molecule is Cc1oc(CN)cc1S(=O)(=O)N1CCC2CCCCC2C1. The first-order valence-electron chi connectivity index (χ1n) is 7.82. The van der Waals surface area contributed by atoms with Crippen LogP contribution in [0.1, 0.15) is 43.6 Å². The predicted octanol–water partition coefficient (Wildman–Crippen LogP) is 2.25. The van der Waals surface area contributed by atoms with Crippen LogP contribution < -0.4 is 5.73 Å². The van der Waals surface area contributed by atoms with Gasteiger partial charge in [-0.1, -0.05) is 19.3 Å². The van der Waals surface area contributed by atoms with Crippen molar-refractivity contribution in [3.05, 3.63) is 17.6 Å². The van der Waals surface area contributed by atoms with E-state index in [-0.39, 0.29) is 11.4 Å². The summed E-state index contributed by atoms with van der Waals surface area (Å²) in [6.07, 6.45) is 5.95. The van der Waals surface area contributed by atoms with Crippen LogP contribution in [-0.2, 0) is 16.6 Å². The maximum atomic E-state index is 12.8. The summed E-state index contributed by atoms with van der Waals surface area (Å²) >= 11 is 0. The Kier molecular flexibility index (Phi) is 4.12. The van der Waals surface area contributed by atoms with Crippen LogP contribution in [0.3, 0.4) is 0 Å². The highest BCUT2D eigenvalue weighted by molar-refractivity contribution is 7.89. The van der Waals surface area contributed by atoms with Gasteiger partial charge in [0, 0.05) is 19.2 Å².